The lowest BCUT2D eigenvalue weighted by molar-refractivity contribution is 0.218. The maximum atomic E-state index is 6.52. The van der Waals surface area contributed by atoms with E-state index in [4.69, 9.17) is 10.7 Å². The Bertz CT molecular complexity index is 612. The Balaban J connectivity index is 1.84. The summed E-state index contributed by atoms with van der Waals surface area (Å²) in [6, 6.07) is 8.51. The molecule has 20 heavy (non-hydrogen) atoms. The van der Waals surface area contributed by atoms with Gasteiger partial charge in [-0.15, -0.1) is 0 Å². The molecule has 1 aromatic heterocycles. The monoisotopic (exact) mass is 271 g/mol. The fraction of sp³-hybridized carbons (Fsp3) is 0.588. The zero-order chi connectivity index (χ0) is 14.3. The molecule has 3 heteroatoms. The Labute approximate surface area is 121 Å². The van der Waals surface area contributed by atoms with Gasteiger partial charge in [0.05, 0.1) is 11.0 Å². The number of nitrogens with two attached hydrogens (primary N) is 1. The van der Waals surface area contributed by atoms with Crippen LogP contribution in [0.3, 0.4) is 0 Å². The SMILES string of the molecule is Cn1c(CC(N)C2CCCC2(C)C)nc2ccccc21. The maximum absolute atomic E-state index is 6.52. The first-order valence-electron chi connectivity index (χ1n) is 7.65. The quantitative estimate of drug-likeness (QED) is 0.931. The molecule has 1 saturated carbocycles. The summed E-state index contributed by atoms with van der Waals surface area (Å²) in [5, 5.41) is 0. The normalized spacial score (nSPS) is 23.3. The Hall–Kier alpha value is -1.35. The van der Waals surface area contributed by atoms with Gasteiger partial charge in [-0.1, -0.05) is 32.4 Å². The number of fused-ring (bicyclic) bond motifs is 1. The number of hydrogen-bond donors (Lipinski definition) is 1. The van der Waals surface area contributed by atoms with Gasteiger partial charge in [-0.2, -0.15) is 0 Å². The molecule has 1 aliphatic carbocycles. The molecule has 1 aromatic carbocycles. The topological polar surface area (TPSA) is 43.8 Å². The first-order valence-corrected chi connectivity index (χ1v) is 7.65. The van der Waals surface area contributed by atoms with Crippen LogP contribution in [0.15, 0.2) is 24.3 Å². The van der Waals surface area contributed by atoms with Gasteiger partial charge >= 0.3 is 0 Å². The first-order chi connectivity index (χ1) is 9.49. The van der Waals surface area contributed by atoms with Crippen LogP contribution in [0, 0.1) is 11.3 Å². The molecule has 2 aromatic rings. The van der Waals surface area contributed by atoms with Crippen LogP contribution < -0.4 is 5.73 Å². The second-order valence-corrected chi connectivity index (χ2v) is 6.93. The van der Waals surface area contributed by atoms with Crippen LogP contribution in [-0.4, -0.2) is 15.6 Å². The Morgan fingerprint density at radius 1 is 1.40 bits per heavy atom. The van der Waals surface area contributed by atoms with E-state index in [2.05, 4.69) is 43.7 Å². The smallest absolute Gasteiger partial charge is 0.111 e. The number of para-hydroxylation sites is 2. The number of benzene rings is 1. The van der Waals surface area contributed by atoms with Crippen molar-refractivity contribution in [3.63, 3.8) is 0 Å². The molecule has 3 nitrogen and oxygen atoms in total. The predicted octanol–water partition coefficient (Wildman–Crippen LogP) is 3.27. The fourth-order valence-corrected chi connectivity index (χ4v) is 3.88. The van der Waals surface area contributed by atoms with Crippen molar-refractivity contribution in [2.45, 2.75) is 45.6 Å². The molecule has 0 bridgehead atoms. The van der Waals surface area contributed by atoms with Crippen molar-refractivity contribution < 1.29 is 0 Å². The fourth-order valence-electron chi connectivity index (χ4n) is 3.88. The molecule has 2 N–H and O–H groups in total. The molecule has 108 valence electrons. The minimum absolute atomic E-state index is 0.211. The zero-order valence-electron chi connectivity index (χ0n) is 12.8. The van der Waals surface area contributed by atoms with E-state index in [0.29, 0.717) is 11.3 Å². The minimum atomic E-state index is 0.211. The van der Waals surface area contributed by atoms with Crippen LogP contribution in [0.1, 0.15) is 38.9 Å². The van der Waals surface area contributed by atoms with Gasteiger partial charge in [-0.3, -0.25) is 0 Å². The molecule has 2 unspecified atom stereocenters. The summed E-state index contributed by atoms with van der Waals surface area (Å²) in [4.78, 5) is 4.75. The third kappa shape index (κ3) is 2.24. The van der Waals surface area contributed by atoms with Gasteiger partial charge in [0, 0.05) is 19.5 Å². The van der Waals surface area contributed by atoms with Gasteiger partial charge in [0.25, 0.3) is 0 Å². The maximum Gasteiger partial charge on any atom is 0.111 e. The summed E-state index contributed by atoms with van der Waals surface area (Å²) < 4.78 is 2.19. The van der Waals surface area contributed by atoms with Crippen molar-refractivity contribution in [1.29, 1.82) is 0 Å². The number of rotatable bonds is 3. The lowest BCUT2D eigenvalue weighted by Crippen LogP contribution is -2.38. The average molecular weight is 271 g/mol. The largest absolute Gasteiger partial charge is 0.331 e. The number of imidazole rings is 1. The van der Waals surface area contributed by atoms with Gasteiger partial charge < -0.3 is 10.3 Å². The summed E-state index contributed by atoms with van der Waals surface area (Å²) in [5.41, 5.74) is 9.17. The number of nitrogens with zero attached hydrogens (tertiary/aromatic N) is 2. The Morgan fingerprint density at radius 2 is 2.15 bits per heavy atom. The van der Waals surface area contributed by atoms with Crippen LogP contribution in [-0.2, 0) is 13.5 Å². The van der Waals surface area contributed by atoms with Crippen molar-refractivity contribution in [2.24, 2.45) is 24.1 Å². The molecule has 0 spiro atoms. The molecule has 3 rings (SSSR count). The molecule has 2 atom stereocenters. The number of aryl methyl sites for hydroxylation is 1. The van der Waals surface area contributed by atoms with E-state index in [1.165, 1.54) is 24.8 Å². The Kier molecular flexibility index (Phi) is 3.33. The average Bonchev–Trinajstić information content (AvgIpc) is 2.91. The highest BCUT2D eigenvalue weighted by Gasteiger charge is 2.38. The molecule has 0 aliphatic heterocycles. The van der Waals surface area contributed by atoms with Gasteiger partial charge in [-0.05, 0) is 36.3 Å². The highest BCUT2D eigenvalue weighted by Crippen LogP contribution is 2.44. The highest BCUT2D eigenvalue weighted by atomic mass is 15.1. The van der Waals surface area contributed by atoms with E-state index >= 15 is 0 Å². The molecular formula is C17H25N3. The van der Waals surface area contributed by atoms with Crippen molar-refractivity contribution in [3.8, 4) is 0 Å². The molecule has 0 radical (unpaired) electrons. The van der Waals surface area contributed by atoms with Gasteiger partial charge in [0.15, 0.2) is 0 Å². The summed E-state index contributed by atoms with van der Waals surface area (Å²) in [5.74, 6) is 1.73. The Morgan fingerprint density at radius 3 is 2.80 bits per heavy atom. The van der Waals surface area contributed by atoms with E-state index in [0.717, 1.165) is 17.8 Å². The predicted molar refractivity (Wildman–Crippen MR) is 83.5 cm³/mol. The minimum Gasteiger partial charge on any atom is -0.331 e. The van der Waals surface area contributed by atoms with Gasteiger partial charge in [0.1, 0.15) is 5.82 Å². The van der Waals surface area contributed by atoms with E-state index < -0.39 is 0 Å². The lowest BCUT2D eigenvalue weighted by atomic mass is 9.77. The highest BCUT2D eigenvalue weighted by molar-refractivity contribution is 5.75. The summed E-state index contributed by atoms with van der Waals surface area (Å²) in [6.45, 7) is 4.72. The van der Waals surface area contributed by atoms with Crippen molar-refractivity contribution >= 4 is 11.0 Å². The molecule has 0 saturated heterocycles. The molecule has 1 aliphatic rings. The van der Waals surface area contributed by atoms with Crippen LogP contribution >= 0.6 is 0 Å². The molecule has 1 heterocycles. The summed E-state index contributed by atoms with van der Waals surface area (Å²) >= 11 is 0. The molecule has 0 amide bonds. The van der Waals surface area contributed by atoms with E-state index in [9.17, 15) is 0 Å². The third-order valence-corrected chi connectivity index (χ3v) is 5.15. The van der Waals surface area contributed by atoms with Crippen LogP contribution in [0.5, 0.6) is 0 Å². The van der Waals surface area contributed by atoms with Gasteiger partial charge in [0.2, 0.25) is 0 Å². The van der Waals surface area contributed by atoms with E-state index in [-0.39, 0.29) is 6.04 Å². The van der Waals surface area contributed by atoms with Crippen LogP contribution in [0.4, 0.5) is 0 Å². The third-order valence-electron chi connectivity index (χ3n) is 5.15. The first kappa shape index (κ1) is 13.6. The number of aromatic nitrogens is 2. The van der Waals surface area contributed by atoms with Gasteiger partial charge in [-0.25, -0.2) is 4.98 Å². The van der Waals surface area contributed by atoms with Crippen molar-refractivity contribution in [2.75, 3.05) is 0 Å². The van der Waals surface area contributed by atoms with Crippen LogP contribution in [0.25, 0.3) is 11.0 Å². The summed E-state index contributed by atoms with van der Waals surface area (Å²) in [6.07, 6.45) is 4.75. The molecular weight excluding hydrogens is 246 g/mol. The summed E-state index contributed by atoms with van der Waals surface area (Å²) in [7, 11) is 2.09. The van der Waals surface area contributed by atoms with Crippen molar-refractivity contribution in [3.05, 3.63) is 30.1 Å². The second kappa shape index (κ2) is 4.88. The molecule has 1 fully saturated rings. The van der Waals surface area contributed by atoms with E-state index in [1.54, 1.807) is 0 Å². The number of hydrogen-bond acceptors (Lipinski definition) is 2. The van der Waals surface area contributed by atoms with Crippen molar-refractivity contribution in [1.82, 2.24) is 9.55 Å². The standard InChI is InChI=1S/C17H25N3/c1-17(2)10-6-7-12(17)13(18)11-16-19-14-8-4-5-9-15(14)20(16)3/h4-5,8-9,12-13H,6-7,10-11,18H2,1-3H3. The van der Waals surface area contributed by atoms with Crippen LogP contribution in [0.2, 0.25) is 0 Å². The van der Waals surface area contributed by atoms with E-state index in [1.807, 2.05) is 6.07 Å². The zero-order valence-corrected chi connectivity index (χ0v) is 12.8. The lowest BCUT2D eigenvalue weighted by Gasteiger charge is -2.31. The second-order valence-electron chi connectivity index (χ2n) is 6.93.